The number of nitrogens with zero attached hydrogens (tertiary/aromatic N) is 2. The summed E-state index contributed by atoms with van der Waals surface area (Å²) in [5.41, 5.74) is 2.07. The Hall–Kier alpha value is -2.50. The molecule has 0 unspecified atom stereocenters. The largest absolute Gasteiger partial charge is 0.496 e. The van der Waals surface area contributed by atoms with Gasteiger partial charge in [-0.15, -0.1) is 0 Å². The second-order valence-electron chi connectivity index (χ2n) is 4.16. The molecule has 0 fully saturated rings. The van der Waals surface area contributed by atoms with Gasteiger partial charge in [0, 0.05) is 31.4 Å². The Morgan fingerprint density at radius 2 is 2.11 bits per heavy atom. The van der Waals surface area contributed by atoms with Crippen LogP contribution in [0.25, 0.3) is 11.3 Å². The van der Waals surface area contributed by atoms with Gasteiger partial charge in [0.25, 0.3) is 0 Å². The SMILES string of the molecule is COc1ccc(N(C)C)cc1-c1cc(C(=O)O)on1. The van der Waals surface area contributed by atoms with E-state index in [1.165, 1.54) is 6.07 Å². The number of hydrogen-bond donors (Lipinski definition) is 1. The summed E-state index contributed by atoms with van der Waals surface area (Å²) in [5, 5.41) is 12.6. The zero-order chi connectivity index (χ0) is 14.0. The number of carbonyl (C=O) groups is 1. The number of ether oxygens (including phenoxy) is 1. The number of benzene rings is 1. The molecule has 2 aromatic rings. The van der Waals surface area contributed by atoms with Crippen LogP contribution in [0.15, 0.2) is 28.8 Å². The number of aromatic carboxylic acids is 1. The summed E-state index contributed by atoms with van der Waals surface area (Å²) in [5.74, 6) is -0.746. The highest BCUT2D eigenvalue weighted by atomic mass is 16.5. The normalized spacial score (nSPS) is 10.3. The third kappa shape index (κ3) is 2.52. The molecule has 1 N–H and O–H groups in total. The lowest BCUT2D eigenvalue weighted by Gasteiger charge is -2.15. The van der Waals surface area contributed by atoms with Crippen LogP contribution in [0.1, 0.15) is 10.6 Å². The molecule has 0 atom stereocenters. The standard InChI is InChI=1S/C13H14N2O4/c1-15(2)8-4-5-11(18-3)9(6-8)10-7-12(13(16)17)19-14-10/h4-7H,1-3H3,(H,16,17). The minimum Gasteiger partial charge on any atom is -0.496 e. The van der Waals surface area contributed by atoms with Gasteiger partial charge in [0.2, 0.25) is 5.76 Å². The number of anilines is 1. The Kier molecular flexibility index (Phi) is 3.41. The van der Waals surface area contributed by atoms with Gasteiger partial charge < -0.3 is 19.3 Å². The van der Waals surface area contributed by atoms with E-state index in [4.69, 9.17) is 14.4 Å². The molecule has 0 saturated carbocycles. The zero-order valence-electron chi connectivity index (χ0n) is 10.9. The van der Waals surface area contributed by atoms with Crippen molar-refractivity contribution < 1.29 is 19.2 Å². The van der Waals surface area contributed by atoms with Crippen molar-refractivity contribution in [3.8, 4) is 17.0 Å². The Morgan fingerprint density at radius 3 is 2.63 bits per heavy atom. The summed E-state index contributed by atoms with van der Waals surface area (Å²) in [4.78, 5) is 12.7. The molecule has 0 radical (unpaired) electrons. The van der Waals surface area contributed by atoms with Crippen LogP contribution in [-0.2, 0) is 0 Å². The molecule has 6 nitrogen and oxygen atoms in total. The van der Waals surface area contributed by atoms with Gasteiger partial charge >= 0.3 is 5.97 Å². The fraction of sp³-hybridized carbons (Fsp3) is 0.231. The van der Waals surface area contributed by atoms with E-state index in [0.29, 0.717) is 17.0 Å². The maximum atomic E-state index is 10.8. The van der Waals surface area contributed by atoms with Gasteiger partial charge in [0.1, 0.15) is 11.4 Å². The highest BCUT2D eigenvalue weighted by Gasteiger charge is 2.16. The second-order valence-corrected chi connectivity index (χ2v) is 4.16. The predicted octanol–water partition coefficient (Wildman–Crippen LogP) is 2.11. The molecule has 100 valence electrons. The zero-order valence-corrected chi connectivity index (χ0v) is 10.9. The third-order valence-corrected chi connectivity index (χ3v) is 2.70. The monoisotopic (exact) mass is 262 g/mol. The van der Waals surface area contributed by atoms with Crippen LogP contribution in [0.3, 0.4) is 0 Å². The minimum absolute atomic E-state index is 0.202. The van der Waals surface area contributed by atoms with Crippen LogP contribution in [0.5, 0.6) is 5.75 Å². The van der Waals surface area contributed by atoms with Crippen LogP contribution >= 0.6 is 0 Å². The van der Waals surface area contributed by atoms with Crippen LogP contribution in [0, 0.1) is 0 Å². The number of carboxylic acid groups (broad SMARTS) is 1. The van der Waals surface area contributed by atoms with E-state index in [0.717, 1.165) is 5.69 Å². The smallest absolute Gasteiger partial charge is 0.374 e. The first-order chi connectivity index (χ1) is 9.02. The minimum atomic E-state index is -1.15. The van der Waals surface area contributed by atoms with Crippen molar-refractivity contribution in [2.75, 3.05) is 26.1 Å². The Morgan fingerprint density at radius 1 is 1.37 bits per heavy atom. The van der Waals surface area contributed by atoms with Gasteiger partial charge in [0.15, 0.2) is 0 Å². The number of methoxy groups -OCH3 is 1. The molecule has 0 aliphatic heterocycles. The van der Waals surface area contributed by atoms with Gasteiger partial charge in [-0.05, 0) is 18.2 Å². The molecular weight excluding hydrogens is 248 g/mol. The van der Waals surface area contributed by atoms with Crippen LogP contribution < -0.4 is 9.64 Å². The van der Waals surface area contributed by atoms with Crippen molar-refractivity contribution >= 4 is 11.7 Å². The first-order valence-electron chi connectivity index (χ1n) is 5.58. The molecule has 0 saturated heterocycles. The number of rotatable bonds is 4. The summed E-state index contributed by atoms with van der Waals surface area (Å²) < 4.78 is 10.0. The van der Waals surface area contributed by atoms with E-state index in [9.17, 15) is 4.79 Å². The van der Waals surface area contributed by atoms with E-state index >= 15 is 0 Å². The summed E-state index contributed by atoms with van der Waals surface area (Å²) in [6.07, 6.45) is 0. The Bertz CT molecular complexity index is 604. The molecule has 6 heteroatoms. The fourth-order valence-corrected chi connectivity index (χ4v) is 1.68. The Balaban J connectivity index is 2.51. The quantitative estimate of drug-likeness (QED) is 0.909. The van der Waals surface area contributed by atoms with Crippen LogP contribution in [0.4, 0.5) is 5.69 Å². The molecule has 0 aliphatic carbocycles. The van der Waals surface area contributed by atoms with Gasteiger partial charge in [-0.25, -0.2) is 4.79 Å². The lowest BCUT2D eigenvalue weighted by molar-refractivity contribution is 0.0652. The number of hydrogen-bond acceptors (Lipinski definition) is 5. The molecule has 1 aromatic heterocycles. The maximum absolute atomic E-state index is 10.8. The first kappa shape index (κ1) is 12.9. The fourth-order valence-electron chi connectivity index (χ4n) is 1.68. The molecular formula is C13H14N2O4. The highest BCUT2D eigenvalue weighted by Crippen LogP contribution is 2.32. The second kappa shape index (κ2) is 5.01. The van der Waals surface area contributed by atoms with Crippen molar-refractivity contribution in [1.82, 2.24) is 5.16 Å². The lowest BCUT2D eigenvalue weighted by atomic mass is 10.1. The molecule has 1 aromatic carbocycles. The van der Waals surface area contributed by atoms with E-state index < -0.39 is 5.97 Å². The van der Waals surface area contributed by atoms with Gasteiger partial charge in [-0.3, -0.25) is 0 Å². The molecule has 0 amide bonds. The van der Waals surface area contributed by atoms with Gasteiger partial charge in [-0.1, -0.05) is 5.16 Å². The van der Waals surface area contributed by atoms with Gasteiger partial charge in [-0.2, -0.15) is 0 Å². The van der Waals surface area contributed by atoms with Crippen molar-refractivity contribution in [2.45, 2.75) is 0 Å². The van der Waals surface area contributed by atoms with E-state index in [1.54, 1.807) is 13.2 Å². The average molecular weight is 262 g/mol. The summed E-state index contributed by atoms with van der Waals surface area (Å²) in [6, 6.07) is 6.95. The predicted molar refractivity (Wildman–Crippen MR) is 69.8 cm³/mol. The molecule has 0 spiro atoms. The summed E-state index contributed by atoms with van der Waals surface area (Å²) in [6.45, 7) is 0. The third-order valence-electron chi connectivity index (χ3n) is 2.70. The van der Waals surface area contributed by atoms with Crippen LogP contribution in [0.2, 0.25) is 0 Å². The molecule has 19 heavy (non-hydrogen) atoms. The topological polar surface area (TPSA) is 75.8 Å². The summed E-state index contributed by atoms with van der Waals surface area (Å²) >= 11 is 0. The molecule has 2 rings (SSSR count). The number of aromatic nitrogens is 1. The first-order valence-corrected chi connectivity index (χ1v) is 5.58. The maximum Gasteiger partial charge on any atom is 0.374 e. The summed E-state index contributed by atoms with van der Waals surface area (Å²) in [7, 11) is 5.38. The van der Waals surface area contributed by atoms with Crippen molar-refractivity contribution in [2.24, 2.45) is 0 Å². The highest BCUT2D eigenvalue weighted by molar-refractivity contribution is 5.86. The van der Waals surface area contributed by atoms with Crippen molar-refractivity contribution in [1.29, 1.82) is 0 Å². The van der Waals surface area contributed by atoms with Crippen molar-refractivity contribution in [3.63, 3.8) is 0 Å². The number of carboxylic acids is 1. The lowest BCUT2D eigenvalue weighted by Crippen LogP contribution is -2.08. The molecule has 0 bridgehead atoms. The van der Waals surface area contributed by atoms with E-state index in [2.05, 4.69) is 5.16 Å². The van der Waals surface area contributed by atoms with Crippen molar-refractivity contribution in [3.05, 3.63) is 30.0 Å². The molecule has 0 aliphatic rings. The van der Waals surface area contributed by atoms with E-state index in [-0.39, 0.29) is 5.76 Å². The average Bonchev–Trinajstić information content (AvgIpc) is 2.87. The van der Waals surface area contributed by atoms with E-state index in [1.807, 2.05) is 31.1 Å². The molecule has 1 heterocycles. The van der Waals surface area contributed by atoms with Crippen LogP contribution in [-0.4, -0.2) is 37.4 Å². The Labute approximate surface area is 110 Å². The van der Waals surface area contributed by atoms with Gasteiger partial charge in [0.05, 0.1) is 7.11 Å².